The normalized spacial score (nSPS) is 13.1. The fraction of sp³-hybridized carbons (Fsp3) is 0.500. The lowest BCUT2D eigenvalue weighted by molar-refractivity contribution is 0.597. The Morgan fingerprint density at radius 2 is 2.11 bits per heavy atom. The van der Waals surface area contributed by atoms with Gasteiger partial charge in [-0.2, -0.15) is 25.3 Å². The lowest BCUT2D eigenvalue weighted by Gasteiger charge is -2.09. The minimum absolute atomic E-state index is 0.0699. The molecular weight excluding hydrogens is 282 g/mol. The molecule has 0 aliphatic rings. The monoisotopic (exact) mass is 299 g/mol. The van der Waals surface area contributed by atoms with E-state index in [9.17, 15) is 9.59 Å². The van der Waals surface area contributed by atoms with Crippen LogP contribution in [0, 0.1) is 6.92 Å². The summed E-state index contributed by atoms with van der Waals surface area (Å²) in [6.45, 7) is 2.22. The maximum atomic E-state index is 12.4. The molecule has 7 heteroatoms. The molecule has 1 unspecified atom stereocenters. The average molecular weight is 299 g/mol. The van der Waals surface area contributed by atoms with Crippen molar-refractivity contribution in [1.82, 2.24) is 14.1 Å². The van der Waals surface area contributed by atoms with Gasteiger partial charge in [0, 0.05) is 30.8 Å². The van der Waals surface area contributed by atoms with Gasteiger partial charge in [0.2, 0.25) is 0 Å². The van der Waals surface area contributed by atoms with Gasteiger partial charge in [-0.05, 0) is 18.9 Å². The smallest absolute Gasteiger partial charge is 0.328 e. The van der Waals surface area contributed by atoms with E-state index in [1.165, 1.54) is 4.57 Å². The molecule has 5 nitrogen and oxygen atoms in total. The van der Waals surface area contributed by atoms with E-state index in [1.807, 2.05) is 13.1 Å². The fourth-order valence-corrected chi connectivity index (χ4v) is 2.46. The van der Waals surface area contributed by atoms with Crippen LogP contribution in [0.4, 0.5) is 0 Å². The molecule has 19 heavy (non-hydrogen) atoms. The Morgan fingerprint density at radius 3 is 2.74 bits per heavy atom. The molecule has 1 N–H and O–H groups in total. The number of rotatable bonds is 4. The lowest BCUT2D eigenvalue weighted by Crippen LogP contribution is -2.36. The molecule has 2 aromatic heterocycles. The predicted molar refractivity (Wildman–Crippen MR) is 83.8 cm³/mol. The number of aryl methyl sites for hydroxylation is 2. The highest BCUT2D eigenvalue weighted by molar-refractivity contribution is 7.84. The SMILES string of the molecule is Cc1cn(C)c2c(=O)n(CCC(S)CS)c(=O)[nH]c12. The topological polar surface area (TPSA) is 59.8 Å². The second-order valence-corrected chi connectivity index (χ2v) is 5.75. The summed E-state index contributed by atoms with van der Waals surface area (Å²) in [5.41, 5.74) is 1.41. The molecule has 0 aliphatic heterocycles. The van der Waals surface area contributed by atoms with Crippen molar-refractivity contribution in [3.8, 4) is 0 Å². The molecule has 2 rings (SSSR count). The van der Waals surface area contributed by atoms with Gasteiger partial charge < -0.3 is 9.55 Å². The van der Waals surface area contributed by atoms with Crippen molar-refractivity contribution in [2.45, 2.75) is 25.1 Å². The number of hydrogen-bond donors (Lipinski definition) is 3. The number of aromatic nitrogens is 3. The van der Waals surface area contributed by atoms with E-state index in [-0.39, 0.29) is 16.5 Å². The molecular formula is C12H17N3O2S2. The average Bonchev–Trinajstić information content (AvgIpc) is 2.63. The van der Waals surface area contributed by atoms with Gasteiger partial charge in [0.25, 0.3) is 5.56 Å². The van der Waals surface area contributed by atoms with Crippen LogP contribution in [0.2, 0.25) is 0 Å². The Morgan fingerprint density at radius 1 is 1.42 bits per heavy atom. The van der Waals surface area contributed by atoms with E-state index in [0.717, 1.165) is 5.56 Å². The third kappa shape index (κ3) is 2.62. The summed E-state index contributed by atoms with van der Waals surface area (Å²) in [6, 6.07) is 0. The molecule has 0 aliphatic carbocycles. The number of thiol groups is 2. The van der Waals surface area contributed by atoms with Gasteiger partial charge >= 0.3 is 5.69 Å². The van der Waals surface area contributed by atoms with Gasteiger partial charge in [-0.1, -0.05) is 0 Å². The molecule has 1 atom stereocenters. The largest absolute Gasteiger partial charge is 0.345 e. The first-order chi connectivity index (χ1) is 8.95. The number of H-pyrrole nitrogens is 1. The molecule has 0 aromatic carbocycles. The standard InChI is InChI=1S/C12H17N3O2S2/c1-7-5-14(2)10-9(7)13-12(17)15(11(10)16)4-3-8(19)6-18/h5,8,18-19H,3-4,6H2,1-2H3,(H,13,17). The first-order valence-corrected chi connectivity index (χ1v) is 7.18. The minimum Gasteiger partial charge on any atom is -0.345 e. The fourth-order valence-electron chi connectivity index (χ4n) is 2.17. The lowest BCUT2D eigenvalue weighted by atomic mass is 10.3. The van der Waals surface area contributed by atoms with Crippen LogP contribution < -0.4 is 11.2 Å². The zero-order valence-electron chi connectivity index (χ0n) is 10.9. The summed E-state index contributed by atoms with van der Waals surface area (Å²) in [5.74, 6) is 0.612. The Bertz CT molecular complexity index is 714. The molecule has 0 saturated heterocycles. The predicted octanol–water partition coefficient (Wildman–Crippen LogP) is 0.955. The summed E-state index contributed by atoms with van der Waals surface area (Å²) >= 11 is 8.46. The quantitative estimate of drug-likeness (QED) is 0.736. The van der Waals surface area contributed by atoms with Gasteiger partial charge in [0.1, 0.15) is 5.52 Å². The van der Waals surface area contributed by atoms with Crippen molar-refractivity contribution in [2.24, 2.45) is 7.05 Å². The van der Waals surface area contributed by atoms with Crippen LogP contribution in [0.1, 0.15) is 12.0 Å². The first-order valence-electron chi connectivity index (χ1n) is 6.03. The van der Waals surface area contributed by atoms with Crippen molar-refractivity contribution in [3.05, 3.63) is 32.6 Å². The van der Waals surface area contributed by atoms with Gasteiger partial charge in [0.15, 0.2) is 0 Å². The number of nitrogens with one attached hydrogen (secondary N) is 1. The number of nitrogens with zero attached hydrogens (tertiary/aromatic N) is 2. The molecule has 2 heterocycles. The third-order valence-corrected chi connectivity index (χ3v) is 4.36. The first kappa shape index (κ1) is 14.3. The molecule has 0 fully saturated rings. The highest BCUT2D eigenvalue weighted by Gasteiger charge is 2.13. The third-order valence-electron chi connectivity index (χ3n) is 3.19. The Kier molecular flexibility index (Phi) is 4.15. The van der Waals surface area contributed by atoms with Crippen LogP contribution in [-0.4, -0.2) is 25.1 Å². The van der Waals surface area contributed by atoms with Crippen molar-refractivity contribution in [3.63, 3.8) is 0 Å². The van der Waals surface area contributed by atoms with Crippen LogP contribution in [0.5, 0.6) is 0 Å². The van der Waals surface area contributed by atoms with Crippen molar-refractivity contribution in [1.29, 1.82) is 0 Å². The molecule has 0 saturated carbocycles. The van der Waals surface area contributed by atoms with Crippen LogP contribution in [0.25, 0.3) is 11.0 Å². The summed E-state index contributed by atoms with van der Waals surface area (Å²) in [6.07, 6.45) is 2.46. The van der Waals surface area contributed by atoms with Gasteiger partial charge in [-0.3, -0.25) is 9.36 Å². The van der Waals surface area contributed by atoms with E-state index in [1.54, 1.807) is 11.6 Å². The van der Waals surface area contributed by atoms with E-state index in [2.05, 4.69) is 30.2 Å². The molecule has 0 spiro atoms. The summed E-state index contributed by atoms with van der Waals surface area (Å²) in [7, 11) is 1.80. The van der Waals surface area contributed by atoms with Crippen LogP contribution >= 0.6 is 25.3 Å². The van der Waals surface area contributed by atoms with Gasteiger partial charge in [-0.15, -0.1) is 0 Å². The Hall–Kier alpha value is -1.08. The summed E-state index contributed by atoms with van der Waals surface area (Å²) in [4.78, 5) is 27.1. The second kappa shape index (κ2) is 5.50. The zero-order valence-corrected chi connectivity index (χ0v) is 12.7. The van der Waals surface area contributed by atoms with E-state index < -0.39 is 0 Å². The maximum absolute atomic E-state index is 12.4. The van der Waals surface area contributed by atoms with E-state index in [4.69, 9.17) is 0 Å². The van der Waals surface area contributed by atoms with Crippen molar-refractivity contribution < 1.29 is 0 Å². The molecule has 104 valence electrons. The van der Waals surface area contributed by atoms with Crippen LogP contribution in [0.15, 0.2) is 15.8 Å². The number of aromatic amines is 1. The van der Waals surface area contributed by atoms with Crippen molar-refractivity contribution >= 4 is 36.3 Å². The highest BCUT2D eigenvalue weighted by Crippen LogP contribution is 2.12. The van der Waals surface area contributed by atoms with Crippen LogP contribution in [0.3, 0.4) is 0 Å². The summed E-state index contributed by atoms with van der Waals surface area (Å²) < 4.78 is 2.98. The highest BCUT2D eigenvalue weighted by atomic mass is 32.1. The van der Waals surface area contributed by atoms with Crippen LogP contribution in [-0.2, 0) is 13.6 Å². The van der Waals surface area contributed by atoms with Gasteiger partial charge in [-0.25, -0.2) is 4.79 Å². The Balaban J connectivity index is 2.54. The van der Waals surface area contributed by atoms with E-state index in [0.29, 0.717) is 29.8 Å². The summed E-state index contributed by atoms with van der Waals surface area (Å²) in [5, 5.41) is 0.0699. The second-order valence-electron chi connectivity index (χ2n) is 4.66. The minimum atomic E-state index is -0.369. The molecule has 2 aromatic rings. The molecule has 0 amide bonds. The van der Waals surface area contributed by atoms with Gasteiger partial charge in [0.05, 0.1) is 5.52 Å². The van der Waals surface area contributed by atoms with E-state index >= 15 is 0 Å². The molecule has 0 radical (unpaired) electrons. The van der Waals surface area contributed by atoms with Crippen molar-refractivity contribution in [2.75, 3.05) is 5.75 Å². The number of fused-ring (bicyclic) bond motifs is 1. The number of hydrogen-bond acceptors (Lipinski definition) is 4. The maximum Gasteiger partial charge on any atom is 0.328 e. The molecule has 0 bridgehead atoms. The Labute approximate surface area is 121 Å². The zero-order chi connectivity index (χ0) is 14.2.